The van der Waals surface area contributed by atoms with Gasteiger partial charge in [0.25, 0.3) is 0 Å². The van der Waals surface area contributed by atoms with Crippen LogP contribution in [0.3, 0.4) is 0 Å². The molecule has 0 aliphatic heterocycles. The Kier molecular flexibility index (Phi) is 2.02. The Bertz CT molecular complexity index is 447. The molecule has 0 aliphatic carbocycles. The predicted octanol–water partition coefficient (Wildman–Crippen LogP) is 0.729. The van der Waals surface area contributed by atoms with Gasteiger partial charge in [0.1, 0.15) is 0 Å². The second-order valence-electron chi connectivity index (χ2n) is 3.68. The fraction of sp³-hybridized carbons (Fsp3) is 0.300. The van der Waals surface area contributed by atoms with Gasteiger partial charge in [-0.25, -0.2) is 4.98 Å². The zero-order chi connectivity index (χ0) is 10.2. The highest BCUT2D eigenvalue weighted by Crippen LogP contribution is 2.18. The first kappa shape index (κ1) is 9.18. The number of aromatic nitrogens is 2. The summed E-state index contributed by atoms with van der Waals surface area (Å²) in [5.41, 5.74) is 7.65. The van der Waals surface area contributed by atoms with Crippen LogP contribution >= 0.6 is 0 Å². The van der Waals surface area contributed by atoms with Gasteiger partial charge >= 0.3 is 0 Å². The minimum atomic E-state index is -0.772. The lowest BCUT2D eigenvalue weighted by Gasteiger charge is -2.20. The molecule has 0 saturated heterocycles. The molecule has 0 aliphatic rings. The molecule has 74 valence electrons. The van der Waals surface area contributed by atoms with E-state index in [2.05, 4.69) is 9.97 Å². The molecule has 4 heteroatoms. The van der Waals surface area contributed by atoms with Gasteiger partial charge < -0.3 is 15.8 Å². The zero-order valence-electron chi connectivity index (χ0n) is 7.99. The highest BCUT2D eigenvalue weighted by Gasteiger charge is 2.21. The Morgan fingerprint density at radius 1 is 1.50 bits per heavy atom. The molecule has 0 spiro atoms. The van der Waals surface area contributed by atoms with Gasteiger partial charge in [-0.3, -0.25) is 0 Å². The number of fused-ring (bicyclic) bond motifs is 1. The molecule has 1 atom stereocenters. The maximum absolute atomic E-state index is 9.10. The Morgan fingerprint density at radius 2 is 2.29 bits per heavy atom. The van der Waals surface area contributed by atoms with Gasteiger partial charge in [0.05, 0.1) is 28.9 Å². The first-order valence-electron chi connectivity index (χ1n) is 4.48. The Hall–Kier alpha value is -1.39. The minimum absolute atomic E-state index is 0.115. The molecule has 14 heavy (non-hydrogen) atoms. The third-order valence-corrected chi connectivity index (χ3v) is 2.32. The lowest BCUT2D eigenvalue weighted by molar-refractivity contribution is 0.207. The molecular weight excluding hydrogens is 178 g/mol. The molecular formula is C10H13N3O. The lowest BCUT2D eigenvalue weighted by atomic mass is 10.00. The fourth-order valence-corrected chi connectivity index (χ4v) is 1.33. The second-order valence-corrected chi connectivity index (χ2v) is 3.68. The van der Waals surface area contributed by atoms with Crippen molar-refractivity contribution in [1.82, 2.24) is 9.97 Å². The molecule has 4 nitrogen and oxygen atoms in total. The van der Waals surface area contributed by atoms with Crippen molar-refractivity contribution < 1.29 is 5.11 Å². The smallest absolute Gasteiger partial charge is 0.0882 e. The van der Waals surface area contributed by atoms with Gasteiger partial charge in [0.2, 0.25) is 0 Å². The van der Waals surface area contributed by atoms with Gasteiger partial charge in [-0.1, -0.05) is 0 Å². The summed E-state index contributed by atoms with van der Waals surface area (Å²) in [7, 11) is 0. The van der Waals surface area contributed by atoms with Crippen molar-refractivity contribution in [3.63, 3.8) is 0 Å². The standard InChI is InChI=1S/C10H13N3O/c1-10(11,6-14)9-3-2-7-8(13-9)4-5-12-7/h2-5,12,14H,6,11H2,1H3/t10-/m0/s1. The van der Waals surface area contributed by atoms with E-state index in [0.717, 1.165) is 11.0 Å². The van der Waals surface area contributed by atoms with Crippen LogP contribution in [-0.4, -0.2) is 21.7 Å². The third kappa shape index (κ3) is 1.38. The molecule has 0 aromatic carbocycles. The summed E-state index contributed by atoms with van der Waals surface area (Å²) in [5, 5.41) is 9.10. The maximum atomic E-state index is 9.10. The first-order chi connectivity index (χ1) is 6.63. The number of pyridine rings is 1. The van der Waals surface area contributed by atoms with Crippen LogP contribution in [0.15, 0.2) is 24.4 Å². The van der Waals surface area contributed by atoms with E-state index in [1.807, 2.05) is 24.4 Å². The van der Waals surface area contributed by atoms with E-state index in [-0.39, 0.29) is 6.61 Å². The summed E-state index contributed by atoms with van der Waals surface area (Å²) in [5.74, 6) is 0. The van der Waals surface area contributed by atoms with Crippen LogP contribution in [0.5, 0.6) is 0 Å². The fourth-order valence-electron chi connectivity index (χ4n) is 1.33. The molecule has 2 heterocycles. The van der Waals surface area contributed by atoms with Gasteiger partial charge in [-0.15, -0.1) is 0 Å². The van der Waals surface area contributed by atoms with Crippen LogP contribution in [0.2, 0.25) is 0 Å². The molecule has 0 radical (unpaired) electrons. The number of hydrogen-bond donors (Lipinski definition) is 3. The quantitative estimate of drug-likeness (QED) is 0.655. The SMILES string of the molecule is C[C@](N)(CO)c1ccc2[nH]ccc2n1. The summed E-state index contributed by atoms with van der Waals surface area (Å²) in [6.07, 6.45) is 1.83. The van der Waals surface area contributed by atoms with Crippen molar-refractivity contribution >= 4 is 11.0 Å². The van der Waals surface area contributed by atoms with Crippen molar-refractivity contribution in [1.29, 1.82) is 0 Å². The normalized spacial score (nSPS) is 15.6. The zero-order valence-corrected chi connectivity index (χ0v) is 7.99. The Morgan fingerprint density at radius 3 is 3.00 bits per heavy atom. The molecule has 2 aromatic heterocycles. The van der Waals surface area contributed by atoms with Crippen molar-refractivity contribution in [2.75, 3.05) is 6.61 Å². The van der Waals surface area contributed by atoms with E-state index in [0.29, 0.717) is 5.69 Å². The summed E-state index contributed by atoms with van der Waals surface area (Å²) in [6, 6.07) is 5.62. The molecule has 2 rings (SSSR count). The molecule has 0 unspecified atom stereocenters. The van der Waals surface area contributed by atoms with E-state index in [1.165, 1.54) is 0 Å². The van der Waals surface area contributed by atoms with E-state index in [9.17, 15) is 0 Å². The van der Waals surface area contributed by atoms with Crippen molar-refractivity contribution in [3.05, 3.63) is 30.1 Å². The van der Waals surface area contributed by atoms with Crippen molar-refractivity contribution in [3.8, 4) is 0 Å². The Balaban J connectivity index is 2.53. The van der Waals surface area contributed by atoms with E-state index >= 15 is 0 Å². The number of nitrogens with two attached hydrogens (primary N) is 1. The number of aromatic amines is 1. The van der Waals surface area contributed by atoms with Crippen LogP contribution in [0.25, 0.3) is 11.0 Å². The van der Waals surface area contributed by atoms with Gasteiger partial charge in [0.15, 0.2) is 0 Å². The number of rotatable bonds is 2. The van der Waals surface area contributed by atoms with Crippen LogP contribution in [0.1, 0.15) is 12.6 Å². The summed E-state index contributed by atoms with van der Waals surface area (Å²) < 4.78 is 0. The molecule has 0 saturated carbocycles. The van der Waals surface area contributed by atoms with Crippen molar-refractivity contribution in [2.24, 2.45) is 5.73 Å². The number of aliphatic hydroxyl groups is 1. The number of nitrogens with zero attached hydrogens (tertiary/aromatic N) is 1. The number of hydrogen-bond acceptors (Lipinski definition) is 3. The molecule has 4 N–H and O–H groups in total. The van der Waals surface area contributed by atoms with Gasteiger partial charge in [-0.2, -0.15) is 0 Å². The Labute approximate surface area is 81.8 Å². The summed E-state index contributed by atoms with van der Waals surface area (Å²) >= 11 is 0. The van der Waals surface area contributed by atoms with E-state index < -0.39 is 5.54 Å². The van der Waals surface area contributed by atoms with Crippen LogP contribution in [0, 0.1) is 0 Å². The minimum Gasteiger partial charge on any atom is -0.394 e. The number of nitrogens with one attached hydrogen (secondary N) is 1. The second kappa shape index (κ2) is 3.08. The van der Waals surface area contributed by atoms with Gasteiger partial charge in [0, 0.05) is 6.20 Å². The van der Waals surface area contributed by atoms with Crippen LogP contribution in [0.4, 0.5) is 0 Å². The molecule has 0 fully saturated rings. The highest BCUT2D eigenvalue weighted by molar-refractivity contribution is 5.74. The summed E-state index contributed by atoms with van der Waals surface area (Å²) in [6.45, 7) is 1.64. The average Bonchev–Trinajstić information content (AvgIpc) is 2.64. The first-order valence-corrected chi connectivity index (χ1v) is 4.48. The van der Waals surface area contributed by atoms with Crippen LogP contribution in [-0.2, 0) is 5.54 Å². The third-order valence-electron chi connectivity index (χ3n) is 2.32. The monoisotopic (exact) mass is 191 g/mol. The maximum Gasteiger partial charge on any atom is 0.0882 e. The molecule has 0 bridgehead atoms. The largest absolute Gasteiger partial charge is 0.394 e. The lowest BCUT2D eigenvalue weighted by Crippen LogP contribution is -2.37. The molecule has 0 amide bonds. The number of H-pyrrole nitrogens is 1. The predicted molar refractivity (Wildman–Crippen MR) is 54.7 cm³/mol. The van der Waals surface area contributed by atoms with E-state index in [4.69, 9.17) is 10.8 Å². The topological polar surface area (TPSA) is 74.9 Å². The molecule has 2 aromatic rings. The van der Waals surface area contributed by atoms with Crippen molar-refractivity contribution in [2.45, 2.75) is 12.5 Å². The van der Waals surface area contributed by atoms with Crippen LogP contribution < -0.4 is 5.73 Å². The highest BCUT2D eigenvalue weighted by atomic mass is 16.3. The average molecular weight is 191 g/mol. The summed E-state index contributed by atoms with van der Waals surface area (Å²) in [4.78, 5) is 7.41. The van der Waals surface area contributed by atoms with E-state index in [1.54, 1.807) is 6.92 Å². The number of aliphatic hydroxyl groups excluding tert-OH is 1. The van der Waals surface area contributed by atoms with Gasteiger partial charge in [-0.05, 0) is 25.1 Å².